The first-order valence-corrected chi connectivity index (χ1v) is 9.10. The average Bonchev–Trinajstić information content (AvgIpc) is 2.62. The minimum atomic E-state index is -0.0492. The molecule has 1 saturated heterocycles. The number of benzene rings is 2. The summed E-state index contributed by atoms with van der Waals surface area (Å²) in [6.07, 6.45) is 4.37. The molecule has 1 aliphatic heterocycles. The van der Waals surface area contributed by atoms with E-state index in [2.05, 4.69) is 4.99 Å². The van der Waals surface area contributed by atoms with Crippen LogP contribution in [0.4, 0.5) is 5.69 Å². The number of nitrogens with zero attached hydrogens (tertiary/aromatic N) is 2. The smallest absolute Gasteiger partial charge is 0.252 e. The molecule has 0 bridgehead atoms. The Hall–Kier alpha value is -2.04. The molecule has 0 aliphatic carbocycles. The number of para-hydroxylation sites is 1. The second kappa shape index (κ2) is 8.18. The Labute approximate surface area is 151 Å². The van der Waals surface area contributed by atoms with E-state index < -0.39 is 0 Å². The van der Waals surface area contributed by atoms with Crippen LogP contribution in [-0.4, -0.2) is 28.3 Å². The van der Waals surface area contributed by atoms with Crippen molar-refractivity contribution in [1.82, 2.24) is 4.90 Å². The van der Waals surface area contributed by atoms with Gasteiger partial charge in [-0.15, -0.1) is 0 Å². The van der Waals surface area contributed by atoms with Crippen LogP contribution in [0.5, 0.6) is 0 Å². The minimum absolute atomic E-state index is 0.0492. The highest BCUT2D eigenvalue weighted by atomic mass is 35.5. The first-order valence-electron chi connectivity index (χ1n) is 7.74. The standard InChI is InChI=1S/C19H17ClN2OS/c20-16-10-7-15(8-11-16)9-12-18(23)22-13-4-14-24-19(22)21-17-5-2-1-3-6-17/h1-3,5-12H,4,13-14H2/b12-9+,21-19?. The van der Waals surface area contributed by atoms with Crippen LogP contribution in [0.25, 0.3) is 6.08 Å². The molecule has 0 saturated carbocycles. The van der Waals surface area contributed by atoms with Crippen LogP contribution in [0.2, 0.25) is 5.02 Å². The molecule has 1 amide bonds. The summed E-state index contributed by atoms with van der Waals surface area (Å²) in [6.45, 7) is 0.697. The minimum Gasteiger partial charge on any atom is -0.288 e. The maximum Gasteiger partial charge on any atom is 0.252 e. The van der Waals surface area contributed by atoms with Gasteiger partial charge in [-0.1, -0.05) is 53.7 Å². The molecule has 0 spiro atoms. The second-order valence-corrected chi connectivity index (χ2v) is 6.81. The molecule has 0 aromatic heterocycles. The van der Waals surface area contributed by atoms with Gasteiger partial charge in [0.05, 0.1) is 5.69 Å². The average molecular weight is 357 g/mol. The van der Waals surface area contributed by atoms with E-state index in [0.29, 0.717) is 11.6 Å². The van der Waals surface area contributed by atoms with E-state index in [-0.39, 0.29) is 5.91 Å². The second-order valence-electron chi connectivity index (χ2n) is 5.31. The molecule has 2 aromatic carbocycles. The third-order valence-corrected chi connectivity index (χ3v) is 4.84. The van der Waals surface area contributed by atoms with Crippen molar-refractivity contribution >= 4 is 46.2 Å². The molecular formula is C19H17ClN2OS. The van der Waals surface area contributed by atoms with Crippen LogP contribution in [-0.2, 0) is 4.79 Å². The summed E-state index contributed by atoms with van der Waals surface area (Å²) >= 11 is 7.50. The van der Waals surface area contributed by atoms with Crippen LogP contribution in [0.15, 0.2) is 65.7 Å². The van der Waals surface area contributed by atoms with Crippen LogP contribution in [0.3, 0.4) is 0 Å². The third kappa shape index (κ3) is 4.49. The van der Waals surface area contributed by atoms with Crippen molar-refractivity contribution in [2.75, 3.05) is 12.3 Å². The van der Waals surface area contributed by atoms with Crippen molar-refractivity contribution in [3.8, 4) is 0 Å². The molecule has 0 N–H and O–H groups in total. The summed E-state index contributed by atoms with van der Waals surface area (Å²) < 4.78 is 0. The molecule has 1 heterocycles. The van der Waals surface area contributed by atoms with Gasteiger partial charge in [0.25, 0.3) is 5.91 Å². The van der Waals surface area contributed by atoms with Crippen molar-refractivity contribution < 1.29 is 4.79 Å². The first-order chi connectivity index (χ1) is 11.7. The molecule has 122 valence electrons. The van der Waals surface area contributed by atoms with E-state index in [1.54, 1.807) is 28.8 Å². The SMILES string of the molecule is O=C(/C=C/c1ccc(Cl)cc1)N1CCCSC1=Nc1ccccc1. The Balaban J connectivity index is 1.76. The summed E-state index contributed by atoms with van der Waals surface area (Å²) in [4.78, 5) is 18.9. The number of carbonyl (C=O) groups excluding carboxylic acids is 1. The number of carbonyl (C=O) groups is 1. The lowest BCUT2D eigenvalue weighted by Gasteiger charge is -2.26. The molecule has 0 atom stereocenters. The van der Waals surface area contributed by atoms with Gasteiger partial charge in [0.1, 0.15) is 0 Å². The summed E-state index contributed by atoms with van der Waals surface area (Å²) in [7, 11) is 0. The number of aliphatic imine (C=N–C) groups is 1. The summed E-state index contributed by atoms with van der Waals surface area (Å²) in [5.41, 5.74) is 1.81. The van der Waals surface area contributed by atoms with Gasteiger partial charge in [0.2, 0.25) is 0 Å². The summed E-state index contributed by atoms with van der Waals surface area (Å²) in [6, 6.07) is 17.1. The number of hydrogen-bond acceptors (Lipinski definition) is 3. The number of thioether (sulfide) groups is 1. The van der Waals surface area contributed by atoms with Crippen molar-refractivity contribution in [3.05, 3.63) is 71.3 Å². The lowest BCUT2D eigenvalue weighted by Crippen LogP contribution is -2.38. The molecule has 5 heteroatoms. The van der Waals surface area contributed by atoms with Gasteiger partial charge in [-0.3, -0.25) is 9.69 Å². The normalized spacial score (nSPS) is 16.7. The van der Waals surface area contributed by atoms with E-state index in [1.165, 1.54) is 0 Å². The largest absolute Gasteiger partial charge is 0.288 e. The number of amides is 1. The zero-order valence-electron chi connectivity index (χ0n) is 13.1. The summed E-state index contributed by atoms with van der Waals surface area (Å²) in [5, 5.41) is 1.45. The Bertz CT molecular complexity index is 757. The van der Waals surface area contributed by atoms with Gasteiger partial charge in [0.15, 0.2) is 5.17 Å². The fourth-order valence-electron chi connectivity index (χ4n) is 2.30. The highest BCUT2D eigenvalue weighted by Gasteiger charge is 2.21. The molecule has 1 aliphatic rings. The van der Waals surface area contributed by atoms with Crippen molar-refractivity contribution in [1.29, 1.82) is 0 Å². The van der Waals surface area contributed by atoms with Crippen LogP contribution in [0, 0.1) is 0 Å². The molecule has 0 radical (unpaired) electrons. The molecule has 0 unspecified atom stereocenters. The Morgan fingerprint density at radius 3 is 2.62 bits per heavy atom. The van der Waals surface area contributed by atoms with Crippen molar-refractivity contribution in [2.24, 2.45) is 4.99 Å². The number of hydrogen-bond donors (Lipinski definition) is 0. The van der Waals surface area contributed by atoms with E-state index in [9.17, 15) is 4.79 Å². The van der Waals surface area contributed by atoms with E-state index in [4.69, 9.17) is 11.6 Å². The molecule has 3 nitrogen and oxygen atoms in total. The Morgan fingerprint density at radius 2 is 1.88 bits per heavy atom. The highest BCUT2D eigenvalue weighted by molar-refractivity contribution is 8.13. The van der Waals surface area contributed by atoms with Crippen molar-refractivity contribution in [2.45, 2.75) is 6.42 Å². The first kappa shape index (κ1) is 16.8. The predicted octanol–water partition coefficient (Wildman–Crippen LogP) is 5.01. The third-order valence-electron chi connectivity index (χ3n) is 3.52. The quantitative estimate of drug-likeness (QED) is 0.724. The van der Waals surface area contributed by atoms with Gasteiger partial charge in [-0.05, 0) is 42.3 Å². The molecular weight excluding hydrogens is 340 g/mol. The zero-order chi connectivity index (χ0) is 16.8. The fourth-order valence-corrected chi connectivity index (χ4v) is 3.39. The predicted molar refractivity (Wildman–Crippen MR) is 103 cm³/mol. The van der Waals surface area contributed by atoms with Crippen LogP contribution < -0.4 is 0 Å². The molecule has 1 fully saturated rings. The van der Waals surface area contributed by atoms with Gasteiger partial charge < -0.3 is 0 Å². The lowest BCUT2D eigenvalue weighted by molar-refractivity contribution is -0.122. The molecule has 2 aromatic rings. The van der Waals surface area contributed by atoms with E-state index in [1.807, 2.05) is 54.6 Å². The maximum absolute atomic E-state index is 12.6. The van der Waals surface area contributed by atoms with Gasteiger partial charge in [0, 0.05) is 23.4 Å². The molecule has 3 rings (SSSR count). The highest BCUT2D eigenvalue weighted by Crippen LogP contribution is 2.22. The van der Waals surface area contributed by atoms with Gasteiger partial charge in [-0.2, -0.15) is 0 Å². The number of rotatable bonds is 3. The van der Waals surface area contributed by atoms with Crippen molar-refractivity contribution in [3.63, 3.8) is 0 Å². The topological polar surface area (TPSA) is 32.7 Å². The monoisotopic (exact) mass is 356 g/mol. The van der Waals surface area contributed by atoms with Gasteiger partial charge >= 0.3 is 0 Å². The summed E-state index contributed by atoms with van der Waals surface area (Å²) in [5.74, 6) is 0.933. The maximum atomic E-state index is 12.6. The van der Waals surface area contributed by atoms with Crippen LogP contribution in [0.1, 0.15) is 12.0 Å². The lowest BCUT2D eigenvalue weighted by atomic mass is 10.2. The molecule has 24 heavy (non-hydrogen) atoms. The van der Waals surface area contributed by atoms with E-state index in [0.717, 1.165) is 28.6 Å². The Morgan fingerprint density at radius 1 is 1.12 bits per heavy atom. The van der Waals surface area contributed by atoms with Crippen LogP contribution >= 0.6 is 23.4 Å². The Kier molecular flexibility index (Phi) is 5.72. The zero-order valence-corrected chi connectivity index (χ0v) is 14.6. The van der Waals surface area contributed by atoms with E-state index >= 15 is 0 Å². The van der Waals surface area contributed by atoms with Gasteiger partial charge in [-0.25, -0.2) is 4.99 Å². The number of halogens is 1. The fraction of sp³-hybridized carbons (Fsp3) is 0.158. The number of amidine groups is 1.